The van der Waals surface area contributed by atoms with E-state index in [0.717, 1.165) is 11.4 Å². The van der Waals surface area contributed by atoms with Crippen LogP contribution in [0.15, 0.2) is 60.2 Å². The van der Waals surface area contributed by atoms with Crippen LogP contribution >= 0.6 is 0 Å². The van der Waals surface area contributed by atoms with Gasteiger partial charge in [0.15, 0.2) is 0 Å². The van der Waals surface area contributed by atoms with Crippen molar-refractivity contribution in [2.24, 2.45) is 4.99 Å². The molecule has 1 unspecified atom stereocenters. The summed E-state index contributed by atoms with van der Waals surface area (Å²) in [6.07, 6.45) is 1.68. The van der Waals surface area contributed by atoms with Crippen LogP contribution in [-0.4, -0.2) is 5.84 Å². The number of benzene rings is 2. The van der Waals surface area contributed by atoms with Crippen molar-refractivity contribution in [3.63, 3.8) is 0 Å². The molecule has 2 heteroatoms. The van der Waals surface area contributed by atoms with Gasteiger partial charge in [0.25, 0.3) is 0 Å². The van der Waals surface area contributed by atoms with Gasteiger partial charge in [0, 0.05) is 5.56 Å². The molecule has 2 aromatic rings. The molecule has 2 rings (SSSR count). The highest BCUT2D eigenvalue weighted by Crippen LogP contribution is 2.20. The predicted molar refractivity (Wildman–Crippen MR) is 95.4 cm³/mol. The second kappa shape index (κ2) is 7.08. The third kappa shape index (κ3) is 3.64. The summed E-state index contributed by atoms with van der Waals surface area (Å²) in [5.41, 5.74) is 6.10. The van der Waals surface area contributed by atoms with E-state index in [9.17, 15) is 0 Å². The van der Waals surface area contributed by atoms with E-state index in [1.807, 2.05) is 0 Å². The Bertz CT molecular complexity index is 699. The number of aliphatic imine (C=N–C) groups is 1. The maximum atomic E-state index is 4.88. The van der Waals surface area contributed by atoms with Gasteiger partial charge in [-0.3, -0.25) is 4.99 Å². The van der Waals surface area contributed by atoms with Gasteiger partial charge in [-0.1, -0.05) is 54.6 Å². The van der Waals surface area contributed by atoms with Crippen molar-refractivity contribution in [1.82, 2.24) is 5.32 Å². The fourth-order valence-electron chi connectivity index (χ4n) is 2.49. The summed E-state index contributed by atoms with van der Waals surface area (Å²) in [6.45, 7) is 12.2. The lowest BCUT2D eigenvalue weighted by molar-refractivity contribution is 0.812. The first-order valence-corrected chi connectivity index (χ1v) is 7.61. The minimum absolute atomic E-state index is 0.0854. The molecule has 0 bridgehead atoms. The molecule has 2 aromatic carbocycles. The number of amidine groups is 1. The lowest BCUT2D eigenvalue weighted by Crippen LogP contribution is -2.21. The van der Waals surface area contributed by atoms with Crippen molar-refractivity contribution in [1.29, 1.82) is 0 Å². The molecule has 0 saturated heterocycles. The smallest absolute Gasteiger partial charge is 0.133 e. The first-order valence-electron chi connectivity index (χ1n) is 7.61. The van der Waals surface area contributed by atoms with E-state index in [1.54, 1.807) is 6.20 Å². The summed E-state index contributed by atoms with van der Waals surface area (Å²) >= 11 is 0. The third-order valence-electron chi connectivity index (χ3n) is 3.95. The Morgan fingerprint density at radius 2 is 1.86 bits per heavy atom. The fraction of sp³-hybridized carbons (Fsp3) is 0.250. The lowest BCUT2D eigenvalue weighted by Gasteiger charge is -2.15. The molecule has 0 heterocycles. The Kier molecular flexibility index (Phi) is 5.16. The standard InChI is InChI=1S/C20H24N2/c1-6-21-20(19-12-8-10-15(3)16(19)4)22-17(5)18-11-7-9-14(2)13-18/h6-13,17H,1H2,2-5H3,(H,21,22). The number of nitrogens with one attached hydrogen (secondary N) is 1. The van der Waals surface area contributed by atoms with E-state index in [-0.39, 0.29) is 6.04 Å². The summed E-state index contributed by atoms with van der Waals surface area (Å²) < 4.78 is 0. The molecule has 114 valence electrons. The number of aryl methyl sites for hydroxylation is 2. The highest BCUT2D eigenvalue weighted by molar-refractivity contribution is 6.01. The first kappa shape index (κ1) is 16.0. The molecular formula is C20H24N2. The summed E-state index contributed by atoms with van der Waals surface area (Å²) in [6, 6.07) is 14.9. The summed E-state index contributed by atoms with van der Waals surface area (Å²) in [5, 5.41) is 3.20. The number of hydrogen-bond donors (Lipinski definition) is 1. The average molecular weight is 292 g/mol. The van der Waals surface area contributed by atoms with Crippen molar-refractivity contribution >= 4 is 5.84 Å². The van der Waals surface area contributed by atoms with Crippen molar-refractivity contribution in [3.05, 3.63) is 83.1 Å². The Hall–Kier alpha value is -2.35. The number of nitrogens with zero attached hydrogens (tertiary/aromatic N) is 1. The van der Waals surface area contributed by atoms with Crippen LogP contribution in [0.25, 0.3) is 0 Å². The van der Waals surface area contributed by atoms with Gasteiger partial charge >= 0.3 is 0 Å². The maximum absolute atomic E-state index is 4.88. The monoisotopic (exact) mass is 292 g/mol. The molecule has 0 aromatic heterocycles. The van der Waals surface area contributed by atoms with Gasteiger partial charge in [-0.2, -0.15) is 0 Å². The van der Waals surface area contributed by atoms with Gasteiger partial charge < -0.3 is 5.32 Å². The maximum Gasteiger partial charge on any atom is 0.133 e. The second-order valence-electron chi connectivity index (χ2n) is 5.66. The van der Waals surface area contributed by atoms with Gasteiger partial charge in [-0.25, -0.2) is 0 Å². The molecule has 0 amide bonds. The van der Waals surface area contributed by atoms with Crippen molar-refractivity contribution in [3.8, 4) is 0 Å². The van der Waals surface area contributed by atoms with Crippen molar-refractivity contribution in [2.45, 2.75) is 33.7 Å². The quantitative estimate of drug-likeness (QED) is 0.632. The van der Waals surface area contributed by atoms with Crippen LogP contribution in [0.2, 0.25) is 0 Å². The van der Waals surface area contributed by atoms with Crippen LogP contribution in [0, 0.1) is 20.8 Å². The molecule has 1 atom stereocenters. The average Bonchev–Trinajstić information content (AvgIpc) is 2.49. The van der Waals surface area contributed by atoms with E-state index in [0.29, 0.717) is 0 Å². The minimum Gasteiger partial charge on any atom is -0.347 e. The molecule has 0 aliphatic carbocycles. The minimum atomic E-state index is 0.0854. The molecule has 1 N–H and O–H groups in total. The first-order chi connectivity index (χ1) is 10.5. The van der Waals surface area contributed by atoms with Crippen LogP contribution in [0.5, 0.6) is 0 Å². The van der Waals surface area contributed by atoms with E-state index >= 15 is 0 Å². The fourth-order valence-corrected chi connectivity index (χ4v) is 2.49. The topological polar surface area (TPSA) is 24.4 Å². The van der Waals surface area contributed by atoms with E-state index in [1.165, 1.54) is 22.3 Å². The van der Waals surface area contributed by atoms with Crippen LogP contribution in [0.1, 0.15) is 40.8 Å². The van der Waals surface area contributed by atoms with Crippen molar-refractivity contribution < 1.29 is 0 Å². The lowest BCUT2D eigenvalue weighted by atomic mass is 10.0. The second-order valence-corrected chi connectivity index (χ2v) is 5.66. The summed E-state index contributed by atoms with van der Waals surface area (Å²) in [4.78, 5) is 4.88. The van der Waals surface area contributed by atoms with Crippen LogP contribution < -0.4 is 5.32 Å². The zero-order chi connectivity index (χ0) is 16.1. The Morgan fingerprint density at radius 1 is 1.14 bits per heavy atom. The van der Waals surface area contributed by atoms with Crippen LogP contribution in [0.3, 0.4) is 0 Å². The Labute approximate surface area is 133 Å². The molecule has 0 aliphatic rings. The predicted octanol–water partition coefficient (Wildman–Crippen LogP) is 4.85. The van der Waals surface area contributed by atoms with E-state index in [2.05, 4.69) is 82.1 Å². The number of rotatable bonds is 4. The SMILES string of the molecule is C=CNC(=NC(C)c1cccc(C)c1)c1cccc(C)c1C. The molecule has 0 fully saturated rings. The van der Waals surface area contributed by atoms with Gasteiger partial charge in [0.2, 0.25) is 0 Å². The molecule has 22 heavy (non-hydrogen) atoms. The number of hydrogen-bond acceptors (Lipinski definition) is 1. The van der Waals surface area contributed by atoms with Crippen LogP contribution in [-0.2, 0) is 0 Å². The zero-order valence-corrected chi connectivity index (χ0v) is 13.9. The van der Waals surface area contributed by atoms with E-state index in [4.69, 9.17) is 4.99 Å². The molecule has 0 radical (unpaired) electrons. The highest BCUT2D eigenvalue weighted by atomic mass is 15.0. The van der Waals surface area contributed by atoms with Gasteiger partial charge in [0.05, 0.1) is 6.04 Å². The summed E-state index contributed by atoms with van der Waals surface area (Å²) in [7, 11) is 0. The zero-order valence-electron chi connectivity index (χ0n) is 13.9. The Morgan fingerprint density at radius 3 is 2.55 bits per heavy atom. The molecule has 2 nitrogen and oxygen atoms in total. The summed E-state index contributed by atoms with van der Waals surface area (Å²) in [5.74, 6) is 0.866. The van der Waals surface area contributed by atoms with Gasteiger partial charge in [0.1, 0.15) is 5.84 Å². The third-order valence-corrected chi connectivity index (χ3v) is 3.95. The van der Waals surface area contributed by atoms with Gasteiger partial charge in [-0.05, 0) is 50.6 Å². The highest BCUT2D eigenvalue weighted by Gasteiger charge is 2.10. The largest absolute Gasteiger partial charge is 0.347 e. The van der Waals surface area contributed by atoms with E-state index < -0.39 is 0 Å². The Balaban J connectivity index is 2.42. The molecular weight excluding hydrogens is 268 g/mol. The van der Waals surface area contributed by atoms with Crippen molar-refractivity contribution in [2.75, 3.05) is 0 Å². The molecule has 0 spiro atoms. The molecule has 0 aliphatic heterocycles. The van der Waals surface area contributed by atoms with Gasteiger partial charge in [-0.15, -0.1) is 0 Å². The normalized spacial score (nSPS) is 12.8. The van der Waals surface area contributed by atoms with Crippen LogP contribution in [0.4, 0.5) is 0 Å². The molecule has 0 saturated carbocycles.